The Morgan fingerprint density at radius 1 is 0.731 bits per heavy atom. The van der Waals surface area contributed by atoms with Gasteiger partial charge in [0.05, 0.1) is 0 Å². The van der Waals surface area contributed by atoms with E-state index in [1.807, 2.05) is 34.6 Å². The van der Waals surface area contributed by atoms with E-state index in [0.717, 1.165) is 25.7 Å². The normalized spacial score (nSPS) is 9.46. The van der Waals surface area contributed by atoms with E-state index in [4.69, 9.17) is 28.2 Å². The minimum absolute atomic E-state index is 0.500. The zero-order chi connectivity index (χ0) is 21.4. The summed E-state index contributed by atoms with van der Waals surface area (Å²) in [5, 5.41) is 14.1. The summed E-state index contributed by atoms with van der Waals surface area (Å²) in [7, 11) is -2.30. The molecule has 0 heterocycles. The molecule has 0 aliphatic rings. The van der Waals surface area contributed by atoms with Crippen LogP contribution in [0.5, 0.6) is 0 Å². The predicted octanol–water partition coefficient (Wildman–Crippen LogP) is 3.06. The molecule has 8 nitrogen and oxygen atoms in total. The van der Waals surface area contributed by atoms with Gasteiger partial charge in [-0.15, -0.1) is 0 Å². The zero-order valence-electron chi connectivity index (χ0n) is 16.9. The molecule has 6 N–H and O–H groups in total. The van der Waals surface area contributed by atoms with Crippen molar-refractivity contribution in [2.24, 2.45) is 11.5 Å². The lowest BCUT2D eigenvalue weighted by molar-refractivity contribution is 0.0711. The maximum atomic E-state index is 7.56. The summed E-state index contributed by atoms with van der Waals surface area (Å²) in [6.45, 7) is 15.8. The number of rotatable bonds is 10. The van der Waals surface area contributed by atoms with Gasteiger partial charge in [0, 0.05) is 39.1 Å². The summed E-state index contributed by atoms with van der Waals surface area (Å²) in [6.07, 6.45) is 1.05. The van der Waals surface area contributed by atoms with Crippen molar-refractivity contribution in [1.29, 1.82) is 0 Å². The lowest BCUT2D eigenvalue weighted by Gasteiger charge is -2.27. The first-order valence-corrected chi connectivity index (χ1v) is 11.3. The minimum atomic E-state index is -2.30. The number of aliphatic hydroxyl groups is 2. The summed E-state index contributed by atoms with van der Waals surface area (Å²) >= 11 is 7.74. The molecule has 0 amide bonds. The number of thiocarbonyl (C=S) groups is 2. The highest BCUT2D eigenvalue weighted by Gasteiger charge is 2.38. The van der Waals surface area contributed by atoms with E-state index in [1.165, 1.54) is 0 Å². The Labute approximate surface area is 170 Å². The third kappa shape index (κ3) is 38.8. The van der Waals surface area contributed by atoms with Crippen LogP contribution >= 0.6 is 24.4 Å². The number of hydrogen-bond donors (Lipinski definition) is 4. The first-order valence-electron chi connectivity index (χ1n) is 8.58. The second-order valence-corrected chi connectivity index (χ2v) is 7.76. The van der Waals surface area contributed by atoms with E-state index < -0.39 is 19.2 Å². The summed E-state index contributed by atoms with van der Waals surface area (Å²) < 4.78 is 21.8. The highest BCUT2D eigenvalue weighted by molar-refractivity contribution is 7.80. The van der Waals surface area contributed by atoms with Crippen molar-refractivity contribution in [1.82, 2.24) is 0 Å². The molecule has 26 heavy (non-hydrogen) atoms. The number of aliphatic hydroxyl groups excluding tert-OH is 2. The molecule has 0 radical (unpaired) electrons. The third-order valence-corrected chi connectivity index (χ3v) is 5.36. The lowest BCUT2D eigenvalue weighted by atomic mass is 10.6. The predicted molar refractivity (Wildman–Crippen MR) is 117 cm³/mol. The Balaban J connectivity index is -0.000000152. The van der Waals surface area contributed by atoms with Gasteiger partial charge in [0.25, 0.3) is 10.3 Å². The Morgan fingerprint density at radius 2 is 1.00 bits per heavy atom. The fraction of sp³-hybridized carbons (Fsp3) is 0.867. The van der Waals surface area contributed by atoms with Crippen LogP contribution in [0.25, 0.3) is 0 Å². The maximum Gasteiger partial charge on any atom is 0.500 e. The number of nitrogens with two attached hydrogens (primary N) is 2. The Hall–Kier alpha value is -0.563. The molecule has 0 aromatic carbocycles. The van der Waals surface area contributed by atoms with Crippen LogP contribution in [0.4, 0.5) is 0 Å². The fourth-order valence-electron chi connectivity index (χ4n) is 1.51. The molecule has 0 bridgehead atoms. The van der Waals surface area contributed by atoms with Crippen molar-refractivity contribution in [3.05, 3.63) is 0 Å². The molecule has 0 unspecified atom stereocenters. The fourth-order valence-corrected chi connectivity index (χ4v) is 4.13. The smallest absolute Gasteiger partial charge is 0.487 e. The van der Waals surface area contributed by atoms with Crippen LogP contribution in [-0.2, 0) is 18.0 Å². The van der Waals surface area contributed by atoms with Crippen molar-refractivity contribution >= 4 is 43.6 Å². The molecular formula is C15H38N2O6S2Si. The summed E-state index contributed by atoms with van der Waals surface area (Å²) in [6, 6.07) is 0.919. The van der Waals surface area contributed by atoms with Gasteiger partial charge in [0.1, 0.15) is 0 Å². The van der Waals surface area contributed by atoms with Crippen LogP contribution in [0.2, 0.25) is 6.04 Å². The van der Waals surface area contributed by atoms with Crippen LogP contribution in [0.3, 0.4) is 0 Å². The van der Waals surface area contributed by atoms with Crippen molar-refractivity contribution < 1.29 is 28.2 Å². The topological polar surface area (TPSA) is 129 Å². The molecule has 0 atom stereocenters. The molecule has 160 valence electrons. The highest BCUT2D eigenvalue weighted by atomic mass is 32.1. The molecule has 0 spiro atoms. The van der Waals surface area contributed by atoms with Gasteiger partial charge in [-0.1, -0.05) is 13.3 Å². The van der Waals surface area contributed by atoms with Crippen molar-refractivity contribution in [2.45, 2.75) is 54.0 Å². The molecule has 0 rings (SSSR count). The molecule has 0 aromatic rings. The number of hydrogen-bond acceptors (Lipinski definition) is 6. The maximum absolute atomic E-state index is 7.56. The van der Waals surface area contributed by atoms with Crippen LogP contribution in [0, 0.1) is 0 Å². The average Bonchev–Trinajstić information content (AvgIpc) is 2.48. The zero-order valence-corrected chi connectivity index (χ0v) is 19.6. The van der Waals surface area contributed by atoms with Crippen LogP contribution in [0.1, 0.15) is 48.0 Å². The molecule has 0 aliphatic carbocycles. The van der Waals surface area contributed by atoms with Crippen molar-refractivity contribution in [3.63, 3.8) is 0 Å². The van der Waals surface area contributed by atoms with Crippen LogP contribution in [-0.4, -0.2) is 62.4 Å². The van der Waals surface area contributed by atoms with E-state index in [1.54, 1.807) is 0 Å². The Bertz CT molecular complexity index is 264. The summed E-state index contributed by atoms with van der Waals surface area (Å²) in [5.74, 6) is 0. The lowest BCUT2D eigenvalue weighted by Crippen LogP contribution is -2.45. The molecule has 0 saturated heterocycles. The standard InChI is InChI=1S/C9H22O3Si.C4H10O.2CH3NOS/c1-5-9-13(10-6-2,11-7-3)12-8-4;1-3-5-4-2;2*2-1(3)4/h5-9H2,1-4H3;3-4H2,1-2H3;2*(H3,2,3,4). The van der Waals surface area contributed by atoms with Gasteiger partial charge in [0.15, 0.2) is 0 Å². The molecule has 0 aromatic heterocycles. The second kappa shape index (κ2) is 26.7. The van der Waals surface area contributed by atoms with Gasteiger partial charge in [-0.05, 0) is 59.1 Å². The highest BCUT2D eigenvalue weighted by Crippen LogP contribution is 2.17. The van der Waals surface area contributed by atoms with Crippen LogP contribution < -0.4 is 11.5 Å². The average molecular weight is 435 g/mol. The van der Waals surface area contributed by atoms with Crippen molar-refractivity contribution in [3.8, 4) is 0 Å². The number of ether oxygens (including phenoxy) is 1. The largest absolute Gasteiger partial charge is 0.500 e. The quantitative estimate of drug-likeness (QED) is 0.300. The van der Waals surface area contributed by atoms with Gasteiger partial charge >= 0.3 is 8.80 Å². The van der Waals surface area contributed by atoms with Gasteiger partial charge in [-0.25, -0.2) is 0 Å². The van der Waals surface area contributed by atoms with E-state index in [2.05, 4.69) is 42.8 Å². The summed E-state index contributed by atoms with van der Waals surface area (Å²) in [4.78, 5) is 0. The SMILES string of the molecule is CCC[Si](OCC)(OCC)OCC.CCOCC.NC(O)=S.NC(O)=S. The van der Waals surface area contributed by atoms with Gasteiger partial charge in [-0.3, -0.25) is 0 Å². The van der Waals surface area contributed by atoms with Crippen molar-refractivity contribution in [2.75, 3.05) is 33.0 Å². The van der Waals surface area contributed by atoms with E-state index in [-0.39, 0.29) is 0 Å². The van der Waals surface area contributed by atoms with Gasteiger partial charge in [-0.2, -0.15) is 0 Å². The first kappa shape index (κ1) is 33.1. The molecule has 11 heteroatoms. The molecule has 0 fully saturated rings. The van der Waals surface area contributed by atoms with Gasteiger partial charge < -0.3 is 39.7 Å². The first-order chi connectivity index (χ1) is 12.1. The molecule has 0 saturated carbocycles. The Morgan fingerprint density at radius 3 is 1.12 bits per heavy atom. The second-order valence-electron chi connectivity index (χ2n) is 4.19. The van der Waals surface area contributed by atoms with E-state index in [9.17, 15) is 0 Å². The van der Waals surface area contributed by atoms with E-state index in [0.29, 0.717) is 19.8 Å². The van der Waals surface area contributed by atoms with Crippen LogP contribution in [0.15, 0.2) is 0 Å². The summed E-state index contributed by atoms with van der Waals surface area (Å²) in [5.41, 5.74) is 8.80. The molecule has 0 aliphatic heterocycles. The monoisotopic (exact) mass is 434 g/mol. The Kier molecular flexibility index (Phi) is 33.9. The third-order valence-electron chi connectivity index (χ3n) is 2.06. The minimum Gasteiger partial charge on any atom is -0.487 e. The molecular weight excluding hydrogens is 396 g/mol. The van der Waals surface area contributed by atoms with E-state index >= 15 is 0 Å². The van der Waals surface area contributed by atoms with Gasteiger partial charge in [0.2, 0.25) is 0 Å².